The Morgan fingerprint density at radius 1 is 1.18 bits per heavy atom. The lowest BCUT2D eigenvalue weighted by Crippen LogP contribution is -1.96. The largest absolute Gasteiger partial charge is 0.448 e. The van der Waals surface area contributed by atoms with E-state index < -0.39 is 5.38 Å². The number of halogens is 3. The van der Waals surface area contributed by atoms with Gasteiger partial charge in [-0.05, 0) is 54.3 Å². The molecule has 90 valence electrons. The Bertz CT molecular complexity index is 525. The van der Waals surface area contributed by atoms with Gasteiger partial charge in [0.2, 0.25) is 0 Å². The van der Waals surface area contributed by atoms with E-state index in [1.165, 1.54) is 0 Å². The predicted octanol–water partition coefficient (Wildman–Crippen LogP) is 5.02. The zero-order valence-corrected chi connectivity index (χ0v) is 10.9. The van der Waals surface area contributed by atoms with Crippen molar-refractivity contribution >= 4 is 23.2 Å². The SMILES string of the molecule is Cc1cc(C(Cl)c2ccc(Cl)o2)cc(C)c1F. The van der Waals surface area contributed by atoms with E-state index in [9.17, 15) is 4.39 Å². The van der Waals surface area contributed by atoms with Gasteiger partial charge in [0.1, 0.15) is 17.0 Å². The van der Waals surface area contributed by atoms with Gasteiger partial charge < -0.3 is 4.42 Å². The van der Waals surface area contributed by atoms with Crippen LogP contribution in [0.4, 0.5) is 4.39 Å². The summed E-state index contributed by atoms with van der Waals surface area (Å²) in [4.78, 5) is 0. The van der Waals surface area contributed by atoms with Crippen molar-refractivity contribution < 1.29 is 8.81 Å². The first-order valence-electron chi connectivity index (χ1n) is 5.15. The number of benzene rings is 1. The average Bonchev–Trinajstić information content (AvgIpc) is 2.71. The Hall–Kier alpha value is -0.990. The molecule has 2 aromatic rings. The second-order valence-corrected chi connectivity index (χ2v) is 4.78. The quantitative estimate of drug-likeness (QED) is 0.700. The monoisotopic (exact) mass is 272 g/mol. The zero-order chi connectivity index (χ0) is 12.6. The molecule has 0 N–H and O–H groups in total. The van der Waals surface area contributed by atoms with Gasteiger partial charge in [-0.25, -0.2) is 4.39 Å². The molecule has 0 amide bonds. The zero-order valence-electron chi connectivity index (χ0n) is 9.43. The second-order valence-electron chi connectivity index (χ2n) is 3.97. The van der Waals surface area contributed by atoms with Gasteiger partial charge in [0, 0.05) is 0 Å². The van der Waals surface area contributed by atoms with Crippen LogP contribution in [-0.4, -0.2) is 0 Å². The van der Waals surface area contributed by atoms with Crippen molar-refractivity contribution in [2.45, 2.75) is 19.2 Å². The van der Waals surface area contributed by atoms with Gasteiger partial charge >= 0.3 is 0 Å². The first-order chi connectivity index (χ1) is 7.99. The number of rotatable bonds is 2. The lowest BCUT2D eigenvalue weighted by Gasteiger charge is -2.10. The molecule has 2 rings (SSSR count). The van der Waals surface area contributed by atoms with Gasteiger partial charge in [-0.3, -0.25) is 0 Å². The van der Waals surface area contributed by atoms with Crippen molar-refractivity contribution in [2.24, 2.45) is 0 Å². The van der Waals surface area contributed by atoms with Crippen LogP contribution in [0, 0.1) is 19.7 Å². The molecule has 1 aromatic carbocycles. The molecule has 1 unspecified atom stereocenters. The minimum atomic E-state index is -0.458. The van der Waals surface area contributed by atoms with Crippen molar-refractivity contribution in [2.75, 3.05) is 0 Å². The summed E-state index contributed by atoms with van der Waals surface area (Å²) in [5, 5.41) is -0.165. The molecule has 1 nitrogen and oxygen atoms in total. The maximum Gasteiger partial charge on any atom is 0.193 e. The van der Waals surface area contributed by atoms with Crippen molar-refractivity contribution in [1.82, 2.24) is 0 Å². The third-order valence-electron chi connectivity index (χ3n) is 2.60. The van der Waals surface area contributed by atoms with Crippen LogP contribution >= 0.6 is 23.2 Å². The van der Waals surface area contributed by atoms with E-state index in [-0.39, 0.29) is 5.82 Å². The highest BCUT2D eigenvalue weighted by atomic mass is 35.5. The van der Waals surface area contributed by atoms with E-state index >= 15 is 0 Å². The number of furan rings is 1. The predicted molar refractivity (Wildman–Crippen MR) is 67.3 cm³/mol. The van der Waals surface area contributed by atoms with Crippen molar-refractivity contribution in [1.29, 1.82) is 0 Å². The topological polar surface area (TPSA) is 13.1 Å². The first kappa shape index (κ1) is 12.5. The van der Waals surface area contributed by atoms with E-state index in [0.29, 0.717) is 22.1 Å². The Morgan fingerprint density at radius 3 is 2.24 bits per heavy atom. The fourth-order valence-electron chi connectivity index (χ4n) is 1.75. The van der Waals surface area contributed by atoms with Gasteiger partial charge in [-0.15, -0.1) is 11.6 Å². The first-order valence-corrected chi connectivity index (χ1v) is 5.96. The summed E-state index contributed by atoms with van der Waals surface area (Å²) in [6.45, 7) is 3.43. The number of hydrogen-bond donors (Lipinski definition) is 0. The van der Waals surface area contributed by atoms with Gasteiger partial charge in [0.25, 0.3) is 0 Å². The summed E-state index contributed by atoms with van der Waals surface area (Å²) in [7, 11) is 0. The van der Waals surface area contributed by atoms with Crippen LogP contribution in [0.25, 0.3) is 0 Å². The van der Waals surface area contributed by atoms with Crippen LogP contribution in [0.3, 0.4) is 0 Å². The smallest absolute Gasteiger partial charge is 0.193 e. The number of alkyl halides is 1. The molecule has 1 atom stereocenters. The molecule has 0 aliphatic rings. The van der Waals surface area contributed by atoms with Crippen LogP contribution in [0.1, 0.15) is 27.8 Å². The summed E-state index contributed by atoms with van der Waals surface area (Å²) >= 11 is 12.0. The standard InChI is InChI=1S/C13H11Cl2FO/c1-7-5-9(6-8(2)13(7)16)12(15)10-3-4-11(14)17-10/h3-6,12H,1-2H3. The van der Waals surface area contributed by atoms with Crippen LogP contribution in [0.5, 0.6) is 0 Å². The Kier molecular flexibility index (Phi) is 3.45. The van der Waals surface area contributed by atoms with Crippen LogP contribution in [0.2, 0.25) is 5.22 Å². The summed E-state index contributed by atoms with van der Waals surface area (Å²) < 4.78 is 18.7. The highest BCUT2D eigenvalue weighted by molar-refractivity contribution is 6.29. The van der Waals surface area contributed by atoms with Crippen LogP contribution in [-0.2, 0) is 0 Å². The summed E-state index contributed by atoms with van der Waals surface area (Å²) in [5.41, 5.74) is 1.95. The molecule has 1 heterocycles. The molecule has 0 aliphatic carbocycles. The van der Waals surface area contributed by atoms with E-state index in [1.54, 1.807) is 38.1 Å². The number of aryl methyl sites for hydroxylation is 2. The third kappa shape index (κ3) is 2.48. The molecule has 17 heavy (non-hydrogen) atoms. The summed E-state index contributed by atoms with van der Waals surface area (Å²) in [6.07, 6.45) is 0. The average molecular weight is 273 g/mol. The fourth-order valence-corrected chi connectivity index (χ4v) is 2.15. The van der Waals surface area contributed by atoms with Crippen LogP contribution < -0.4 is 0 Å². The molecule has 0 fully saturated rings. The Labute approximate surface area is 109 Å². The molecular formula is C13H11Cl2FO. The minimum Gasteiger partial charge on any atom is -0.448 e. The van der Waals surface area contributed by atoms with Crippen molar-refractivity contribution in [3.8, 4) is 0 Å². The third-order valence-corrected chi connectivity index (χ3v) is 3.27. The molecule has 4 heteroatoms. The molecule has 0 aliphatic heterocycles. The van der Waals surface area contributed by atoms with Gasteiger partial charge in [0.15, 0.2) is 5.22 Å². The van der Waals surface area contributed by atoms with Crippen molar-refractivity contribution in [3.63, 3.8) is 0 Å². The lowest BCUT2D eigenvalue weighted by molar-refractivity contribution is 0.518. The Balaban J connectivity index is 2.41. The molecular weight excluding hydrogens is 262 g/mol. The van der Waals surface area contributed by atoms with E-state index in [1.807, 2.05) is 0 Å². The fraction of sp³-hybridized carbons (Fsp3) is 0.231. The molecule has 0 saturated heterocycles. The highest BCUT2D eigenvalue weighted by Gasteiger charge is 2.17. The molecule has 1 aromatic heterocycles. The van der Waals surface area contributed by atoms with Gasteiger partial charge in [-0.2, -0.15) is 0 Å². The summed E-state index contributed by atoms with van der Waals surface area (Å²) in [6, 6.07) is 6.79. The van der Waals surface area contributed by atoms with Gasteiger partial charge in [0.05, 0.1) is 0 Å². The van der Waals surface area contributed by atoms with E-state index in [0.717, 1.165) is 5.56 Å². The van der Waals surface area contributed by atoms with Crippen molar-refractivity contribution in [3.05, 3.63) is 57.8 Å². The van der Waals surface area contributed by atoms with Gasteiger partial charge in [-0.1, -0.05) is 12.1 Å². The Morgan fingerprint density at radius 2 is 1.76 bits per heavy atom. The maximum absolute atomic E-state index is 13.5. The molecule has 0 saturated carbocycles. The van der Waals surface area contributed by atoms with E-state index in [2.05, 4.69) is 0 Å². The normalized spacial score (nSPS) is 12.8. The number of hydrogen-bond acceptors (Lipinski definition) is 1. The maximum atomic E-state index is 13.5. The molecule has 0 bridgehead atoms. The lowest BCUT2D eigenvalue weighted by atomic mass is 10.0. The molecule has 0 radical (unpaired) electrons. The molecule has 0 spiro atoms. The van der Waals surface area contributed by atoms with Crippen LogP contribution in [0.15, 0.2) is 28.7 Å². The minimum absolute atomic E-state index is 0.199. The second kappa shape index (κ2) is 4.71. The summed E-state index contributed by atoms with van der Waals surface area (Å²) in [5.74, 6) is 0.358. The van der Waals surface area contributed by atoms with E-state index in [4.69, 9.17) is 27.6 Å². The highest BCUT2D eigenvalue weighted by Crippen LogP contribution is 2.32.